The first-order chi connectivity index (χ1) is 14.0. The van der Waals surface area contributed by atoms with Crippen molar-refractivity contribution in [2.24, 2.45) is 0 Å². The molecule has 1 aromatic rings. The summed E-state index contributed by atoms with van der Waals surface area (Å²) in [4.78, 5) is 38.5. The Morgan fingerprint density at radius 2 is 2.14 bits per heavy atom. The van der Waals surface area contributed by atoms with Gasteiger partial charge >= 0.3 is 0 Å². The van der Waals surface area contributed by atoms with Crippen molar-refractivity contribution >= 4 is 41.3 Å². The number of ether oxygens (including phenoxy) is 1. The van der Waals surface area contributed by atoms with Crippen LogP contribution in [0.5, 0.6) is 5.75 Å². The van der Waals surface area contributed by atoms with Crippen LogP contribution in [0.2, 0.25) is 0 Å². The summed E-state index contributed by atoms with van der Waals surface area (Å²) in [6.07, 6.45) is 2.93. The van der Waals surface area contributed by atoms with Gasteiger partial charge in [0.25, 0.3) is 11.8 Å². The Balaban J connectivity index is 1.42. The molecular weight excluding hydrogens is 410 g/mol. The van der Waals surface area contributed by atoms with Crippen LogP contribution in [-0.4, -0.2) is 58.7 Å². The van der Waals surface area contributed by atoms with E-state index in [0.717, 1.165) is 25.1 Å². The summed E-state index contributed by atoms with van der Waals surface area (Å²) in [7, 11) is 0. The summed E-state index contributed by atoms with van der Waals surface area (Å²) in [5, 5.41) is 5.24. The van der Waals surface area contributed by atoms with Gasteiger partial charge in [-0.05, 0) is 30.7 Å². The molecule has 1 aromatic carbocycles. The number of nitrogens with one attached hydrogen (secondary N) is 2. The van der Waals surface area contributed by atoms with E-state index >= 15 is 0 Å². The van der Waals surface area contributed by atoms with Gasteiger partial charge in [-0.25, -0.2) is 0 Å². The number of para-hydroxylation sites is 1. The lowest BCUT2D eigenvalue weighted by Gasteiger charge is -2.49. The van der Waals surface area contributed by atoms with Gasteiger partial charge in [0.15, 0.2) is 6.61 Å². The first kappa shape index (κ1) is 20.1. The van der Waals surface area contributed by atoms with Gasteiger partial charge in [-0.3, -0.25) is 19.3 Å². The first-order valence-corrected chi connectivity index (χ1v) is 10.8. The molecule has 0 bridgehead atoms. The van der Waals surface area contributed by atoms with Crippen molar-refractivity contribution in [2.75, 3.05) is 25.4 Å². The Kier molecular flexibility index (Phi) is 5.98. The zero-order valence-electron chi connectivity index (χ0n) is 15.6. The van der Waals surface area contributed by atoms with E-state index in [-0.39, 0.29) is 23.8 Å². The number of carbonyl (C=O) groups is 3. The van der Waals surface area contributed by atoms with Crippen LogP contribution in [0, 0.1) is 0 Å². The zero-order chi connectivity index (χ0) is 20.4. The molecule has 0 saturated carbocycles. The molecular formula is C20H21N3O4S2. The predicted molar refractivity (Wildman–Crippen MR) is 114 cm³/mol. The molecule has 2 saturated heterocycles. The van der Waals surface area contributed by atoms with Crippen LogP contribution in [-0.2, 0) is 14.4 Å². The molecule has 4 rings (SSSR count). The molecule has 3 heterocycles. The van der Waals surface area contributed by atoms with E-state index in [2.05, 4.69) is 23.3 Å². The standard InChI is InChI=1S/C20H21N3O4S2/c24-15(10-27-14-4-2-1-3-5-14)22-16-18(25)23-17(20(26)28)13(11-29-19(16)23)8-12-6-7-21-9-12/h1-5,8,16,19,21H,6-7,9-11H2,(H,22,24)(H,26,28)/t16?,19-/m1/s1. The van der Waals surface area contributed by atoms with Gasteiger partial charge in [-0.15, -0.1) is 11.8 Å². The number of amides is 2. The number of allylic oxidation sites excluding steroid dienone is 1. The summed E-state index contributed by atoms with van der Waals surface area (Å²) < 4.78 is 5.43. The lowest BCUT2D eigenvalue weighted by molar-refractivity contribution is -0.147. The highest BCUT2D eigenvalue weighted by Gasteiger charge is 2.53. The maximum absolute atomic E-state index is 12.7. The number of thioether (sulfide) groups is 1. The smallest absolute Gasteiger partial charge is 0.258 e. The van der Waals surface area contributed by atoms with E-state index in [9.17, 15) is 14.4 Å². The third-order valence-electron chi connectivity index (χ3n) is 4.98. The average Bonchev–Trinajstić information content (AvgIpc) is 3.23. The summed E-state index contributed by atoms with van der Waals surface area (Å²) >= 11 is 5.53. The molecule has 9 heteroatoms. The lowest BCUT2D eigenvalue weighted by Crippen LogP contribution is -2.70. The molecule has 0 radical (unpaired) electrons. The van der Waals surface area contributed by atoms with Crippen LogP contribution in [0.25, 0.3) is 0 Å². The van der Waals surface area contributed by atoms with Crippen LogP contribution in [0.1, 0.15) is 6.42 Å². The molecule has 29 heavy (non-hydrogen) atoms. The highest BCUT2D eigenvalue weighted by molar-refractivity contribution is 8.00. The zero-order valence-corrected chi connectivity index (χ0v) is 17.3. The minimum Gasteiger partial charge on any atom is -0.484 e. The van der Waals surface area contributed by atoms with Crippen molar-refractivity contribution in [3.63, 3.8) is 0 Å². The molecule has 0 spiro atoms. The average molecular weight is 432 g/mol. The fraction of sp³-hybridized carbons (Fsp3) is 0.350. The molecule has 2 N–H and O–H groups in total. The van der Waals surface area contributed by atoms with Crippen LogP contribution in [0.15, 0.2) is 53.3 Å². The second-order valence-electron chi connectivity index (χ2n) is 6.97. The number of hydrogen-bond acceptors (Lipinski definition) is 6. The largest absolute Gasteiger partial charge is 0.484 e. The number of thiol groups is 1. The van der Waals surface area contributed by atoms with Gasteiger partial charge in [0.2, 0.25) is 5.12 Å². The normalized spacial score (nSPS) is 24.9. The Morgan fingerprint density at radius 3 is 2.83 bits per heavy atom. The molecule has 0 aromatic heterocycles. The molecule has 0 aliphatic carbocycles. The third-order valence-corrected chi connectivity index (χ3v) is 6.50. The van der Waals surface area contributed by atoms with Crippen molar-refractivity contribution in [1.82, 2.24) is 15.5 Å². The predicted octanol–water partition coefficient (Wildman–Crippen LogP) is 1.10. The van der Waals surface area contributed by atoms with Gasteiger partial charge in [0.05, 0.1) is 0 Å². The minimum absolute atomic E-state index is 0.177. The van der Waals surface area contributed by atoms with Crippen molar-refractivity contribution in [2.45, 2.75) is 17.8 Å². The number of carbonyl (C=O) groups excluding carboxylic acids is 3. The van der Waals surface area contributed by atoms with Gasteiger partial charge in [0.1, 0.15) is 22.9 Å². The van der Waals surface area contributed by atoms with Crippen LogP contribution >= 0.6 is 24.4 Å². The fourth-order valence-corrected chi connectivity index (χ4v) is 5.15. The van der Waals surface area contributed by atoms with Crippen LogP contribution in [0.3, 0.4) is 0 Å². The Bertz CT molecular complexity index is 892. The molecule has 3 aliphatic heterocycles. The number of fused-ring (bicyclic) bond motifs is 1. The number of β-lactam (4-membered cyclic amide) rings is 1. The number of rotatable bonds is 6. The van der Waals surface area contributed by atoms with E-state index in [4.69, 9.17) is 4.74 Å². The molecule has 2 fully saturated rings. The molecule has 2 atom stereocenters. The topological polar surface area (TPSA) is 87.7 Å². The molecule has 152 valence electrons. The highest BCUT2D eigenvalue weighted by atomic mass is 32.2. The summed E-state index contributed by atoms with van der Waals surface area (Å²) in [5.74, 6) is 0.501. The Hall–Kier alpha value is -2.23. The minimum atomic E-state index is -0.670. The van der Waals surface area contributed by atoms with E-state index in [1.165, 1.54) is 22.2 Å². The Labute approximate surface area is 178 Å². The van der Waals surface area contributed by atoms with Gasteiger partial charge < -0.3 is 15.4 Å². The third kappa shape index (κ3) is 4.22. The van der Waals surface area contributed by atoms with E-state index < -0.39 is 11.2 Å². The fourth-order valence-electron chi connectivity index (χ4n) is 3.59. The quantitative estimate of drug-likeness (QED) is 0.462. The molecule has 3 aliphatic rings. The highest BCUT2D eigenvalue weighted by Crippen LogP contribution is 2.41. The number of nitrogens with zero attached hydrogens (tertiary/aromatic N) is 1. The molecule has 2 amide bonds. The van der Waals surface area contributed by atoms with Crippen molar-refractivity contribution < 1.29 is 19.1 Å². The van der Waals surface area contributed by atoms with Crippen molar-refractivity contribution in [3.8, 4) is 5.75 Å². The maximum Gasteiger partial charge on any atom is 0.258 e. The SMILES string of the molecule is O=C(COc1ccccc1)NC1C(=O)N2C(C(=O)S)=C(C=C3CCNC3)CS[C@H]12. The van der Waals surface area contributed by atoms with Crippen molar-refractivity contribution in [3.05, 3.63) is 53.3 Å². The van der Waals surface area contributed by atoms with E-state index in [1.807, 2.05) is 24.3 Å². The first-order valence-electron chi connectivity index (χ1n) is 9.33. The molecule has 1 unspecified atom stereocenters. The lowest BCUT2D eigenvalue weighted by atomic mass is 10.0. The van der Waals surface area contributed by atoms with Crippen LogP contribution < -0.4 is 15.4 Å². The summed E-state index contributed by atoms with van der Waals surface area (Å²) in [5.41, 5.74) is 2.35. The van der Waals surface area contributed by atoms with Gasteiger partial charge in [0, 0.05) is 12.3 Å². The van der Waals surface area contributed by atoms with Gasteiger partial charge in [-0.1, -0.05) is 42.5 Å². The van der Waals surface area contributed by atoms with E-state index in [0.29, 0.717) is 17.2 Å². The van der Waals surface area contributed by atoms with Crippen LogP contribution in [0.4, 0.5) is 0 Å². The van der Waals surface area contributed by atoms with E-state index in [1.54, 1.807) is 12.1 Å². The summed E-state index contributed by atoms with van der Waals surface area (Å²) in [6.45, 7) is 1.53. The summed E-state index contributed by atoms with van der Waals surface area (Å²) in [6, 6.07) is 8.33. The van der Waals surface area contributed by atoms with Gasteiger partial charge in [-0.2, -0.15) is 0 Å². The maximum atomic E-state index is 12.7. The second-order valence-corrected chi connectivity index (χ2v) is 8.48. The second kappa shape index (κ2) is 8.64. The number of hydrogen-bond donors (Lipinski definition) is 3. The van der Waals surface area contributed by atoms with Crippen molar-refractivity contribution in [1.29, 1.82) is 0 Å². The number of benzene rings is 1. The molecule has 7 nitrogen and oxygen atoms in total. The Morgan fingerprint density at radius 1 is 1.34 bits per heavy atom. The monoisotopic (exact) mass is 431 g/mol.